The molecule has 19 heavy (non-hydrogen) atoms. The number of rotatable bonds is 7. The largest absolute Gasteiger partial charge is 0.396 e. The van der Waals surface area contributed by atoms with Crippen molar-refractivity contribution in [3.63, 3.8) is 0 Å². The summed E-state index contributed by atoms with van der Waals surface area (Å²) in [7, 11) is 1.53. The van der Waals surface area contributed by atoms with Crippen molar-refractivity contribution in [1.82, 2.24) is 10.6 Å². The van der Waals surface area contributed by atoms with Crippen LogP contribution in [0.3, 0.4) is 0 Å². The Morgan fingerprint density at radius 3 is 2.26 bits per heavy atom. The van der Waals surface area contributed by atoms with E-state index in [-0.39, 0.29) is 24.5 Å². The van der Waals surface area contributed by atoms with Crippen molar-refractivity contribution >= 4 is 11.8 Å². The van der Waals surface area contributed by atoms with Crippen LogP contribution in [0.5, 0.6) is 0 Å². The number of carbonyl (C=O) groups excluding carboxylic acids is 2. The van der Waals surface area contributed by atoms with Crippen molar-refractivity contribution in [3.8, 4) is 0 Å². The lowest BCUT2D eigenvalue weighted by molar-refractivity contribution is -0.133. The number of carbonyl (C=O) groups is 2. The van der Waals surface area contributed by atoms with E-state index >= 15 is 0 Å². The van der Waals surface area contributed by atoms with Gasteiger partial charge < -0.3 is 20.5 Å². The lowest BCUT2D eigenvalue weighted by Crippen LogP contribution is -2.51. The first kappa shape index (κ1) is 17.9. The molecule has 2 atom stereocenters. The second kappa shape index (κ2) is 8.12. The van der Waals surface area contributed by atoms with Gasteiger partial charge in [0, 0.05) is 19.1 Å². The molecule has 0 bridgehead atoms. The summed E-state index contributed by atoms with van der Waals surface area (Å²) in [4.78, 5) is 23.7. The van der Waals surface area contributed by atoms with Gasteiger partial charge in [-0.05, 0) is 13.3 Å². The first-order chi connectivity index (χ1) is 8.72. The van der Waals surface area contributed by atoms with E-state index < -0.39 is 11.5 Å². The van der Waals surface area contributed by atoms with Gasteiger partial charge in [-0.15, -0.1) is 0 Å². The van der Waals surface area contributed by atoms with Crippen LogP contribution >= 0.6 is 0 Å². The molecule has 0 saturated carbocycles. The Kier molecular flexibility index (Phi) is 7.63. The number of amides is 2. The molecular weight excluding hydrogens is 248 g/mol. The lowest BCUT2D eigenvalue weighted by atomic mass is 9.95. The molecule has 0 fully saturated rings. The summed E-state index contributed by atoms with van der Waals surface area (Å²) in [5, 5.41) is 14.3. The number of hydrogen-bond donors (Lipinski definition) is 3. The highest BCUT2D eigenvalue weighted by Gasteiger charge is 2.25. The highest BCUT2D eigenvalue weighted by Crippen LogP contribution is 2.12. The van der Waals surface area contributed by atoms with E-state index in [1.165, 1.54) is 7.11 Å². The molecule has 6 nitrogen and oxygen atoms in total. The number of aliphatic hydroxyl groups is 1. The summed E-state index contributed by atoms with van der Waals surface area (Å²) < 4.78 is 4.96. The molecule has 2 unspecified atom stereocenters. The van der Waals surface area contributed by atoms with Gasteiger partial charge in [-0.2, -0.15) is 0 Å². The molecule has 0 aromatic rings. The topological polar surface area (TPSA) is 87.7 Å². The standard InChI is InChI=1S/C13H26N2O4/c1-9(14-12(18)13(2,3)4)11(17)15-10(6-7-16)8-19-5/h9-10,16H,6-8H2,1-5H3,(H,14,18)(H,15,17). The molecule has 0 aliphatic rings. The van der Waals surface area contributed by atoms with E-state index in [2.05, 4.69) is 10.6 Å². The summed E-state index contributed by atoms with van der Waals surface area (Å²) in [5.41, 5.74) is -0.536. The van der Waals surface area contributed by atoms with Crippen molar-refractivity contribution in [2.24, 2.45) is 5.41 Å². The van der Waals surface area contributed by atoms with E-state index in [0.717, 1.165) is 0 Å². The van der Waals surface area contributed by atoms with Crippen molar-refractivity contribution < 1.29 is 19.4 Å². The van der Waals surface area contributed by atoms with E-state index in [9.17, 15) is 9.59 Å². The normalized spacial score (nSPS) is 14.6. The molecule has 112 valence electrons. The lowest BCUT2D eigenvalue weighted by Gasteiger charge is -2.23. The third-order valence-electron chi connectivity index (χ3n) is 2.61. The van der Waals surface area contributed by atoms with Gasteiger partial charge in [0.1, 0.15) is 6.04 Å². The Morgan fingerprint density at radius 2 is 1.84 bits per heavy atom. The number of nitrogens with one attached hydrogen (secondary N) is 2. The fraction of sp³-hybridized carbons (Fsp3) is 0.846. The zero-order chi connectivity index (χ0) is 15.1. The van der Waals surface area contributed by atoms with E-state index in [1.807, 2.05) is 0 Å². The maximum Gasteiger partial charge on any atom is 0.242 e. The molecule has 0 radical (unpaired) electrons. The maximum absolute atomic E-state index is 11.9. The van der Waals surface area contributed by atoms with Crippen molar-refractivity contribution in [2.45, 2.75) is 46.2 Å². The number of aliphatic hydroxyl groups excluding tert-OH is 1. The average molecular weight is 274 g/mol. The van der Waals surface area contributed by atoms with Gasteiger partial charge in [-0.1, -0.05) is 20.8 Å². The first-order valence-corrected chi connectivity index (χ1v) is 6.43. The quantitative estimate of drug-likeness (QED) is 0.612. The highest BCUT2D eigenvalue weighted by atomic mass is 16.5. The molecule has 0 rings (SSSR count). The molecule has 0 aromatic carbocycles. The Bertz CT molecular complexity index is 294. The van der Waals surface area contributed by atoms with Crippen LogP contribution in [0.1, 0.15) is 34.1 Å². The van der Waals surface area contributed by atoms with Crippen LogP contribution < -0.4 is 10.6 Å². The summed E-state index contributed by atoms with van der Waals surface area (Å²) >= 11 is 0. The van der Waals surface area contributed by atoms with Gasteiger partial charge in [0.2, 0.25) is 11.8 Å². The predicted molar refractivity (Wildman–Crippen MR) is 72.6 cm³/mol. The Hall–Kier alpha value is -1.14. The van der Waals surface area contributed by atoms with Crippen LogP contribution in [0, 0.1) is 5.41 Å². The fourth-order valence-electron chi connectivity index (χ4n) is 1.36. The Balaban J connectivity index is 4.36. The third kappa shape index (κ3) is 7.12. The minimum atomic E-state index is -0.621. The number of methoxy groups -OCH3 is 1. The minimum absolute atomic E-state index is 0.0307. The van der Waals surface area contributed by atoms with E-state index in [1.54, 1.807) is 27.7 Å². The molecule has 0 aromatic heterocycles. The molecule has 2 amide bonds. The Labute approximate surface area is 114 Å². The van der Waals surface area contributed by atoms with Crippen LogP contribution in [-0.4, -0.2) is 49.3 Å². The summed E-state index contributed by atoms with van der Waals surface area (Å²) in [6, 6.07) is -0.874. The molecule has 0 aliphatic carbocycles. The second-order valence-corrected chi connectivity index (χ2v) is 5.62. The van der Waals surface area contributed by atoms with Crippen LogP contribution in [-0.2, 0) is 14.3 Å². The van der Waals surface area contributed by atoms with Gasteiger partial charge in [0.25, 0.3) is 0 Å². The average Bonchev–Trinajstić information content (AvgIpc) is 2.28. The molecule has 6 heteroatoms. The number of hydrogen-bond acceptors (Lipinski definition) is 4. The van der Waals surface area contributed by atoms with Gasteiger partial charge in [0.15, 0.2) is 0 Å². The minimum Gasteiger partial charge on any atom is -0.396 e. The monoisotopic (exact) mass is 274 g/mol. The molecule has 0 saturated heterocycles. The van der Waals surface area contributed by atoms with Crippen LogP contribution in [0.15, 0.2) is 0 Å². The summed E-state index contributed by atoms with van der Waals surface area (Å²) in [6.45, 7) is 7.27. The predicted octanol–water partition coefficient (Wildman–Crippen LogP) is 0.0508. The van der Waals surface area contributed by atoms with Gasteiger partial charge >= 0.3 is 0 Å². The second-order valence-electron chi connectivity index (χ2n) is 5.62. The molecule has 0 spiro atoms. The molecular formula is C13H26N2O4. The zero-order valence-electron chi connectivity index (χ0n) is 12.4. The fourth-order valence-corrected chi connectivity index (χ4v) is 1.36. The molecule has 0 aliphatic heterocycles. The molecule has 0 heterocycles. The van der Waals surface area contributed by atoms with Crippen LogP contribution in [0.4, 0.5) is 0 Å². The van der Waals surface area contributed by atoms with Crippen molar-refractivity contribution in [1.29, 1.82) is 0 Å². The highest BCUT2D eigenvalue weighted by molar-refractivity contribution is 5.89. The van der Waals surface area contributed by atoms with Gasteiger partial charge in [0.05, 0.1) is 12.6 Å². The van der Waals surface area contributed by atoms with Gasteiger partial charge in [-0.3, -0.25) is 9.59 Å². The smallest absolute Gasteiger partial charge is 0.242 e. The van der Waals surface area contributed by atoms with Crippen molar-refractivity contribution in [2.75, 3.05) is 20.3 Å². The molecule has 3 N–H and O–H groups in total. The third-order valence-corrected chi connectivity index (χ3v) is 2.61. The SMILES string of the molecule is COCC(CCO)NC(=O)C(C)NC(=O)C(C)(C)C. The first-order valence-electron chi connectivity index (χ1n) is 6.43. The Morgan fingerprint density at radius 1 is 1.26 bits per heavy atom. The van der Waals surface area contributed by atoms with E-state index in [0.29, 0.717) is 13.0 Å². The summed E-state index contributed by atoms with van der Waals surface area (Å²) in [6.07, 6.45) is 0.416. The summed E-state index contributed by atoms with van der Waals surface area (Å²) in [5.74, 6) is -0.464. The maximum atomic E-state index is 11.9. The van der Waals surface area contributed by atoms with Crippen LogP contribution in [0.2, 0.25) is 0 Å². The van der Waals surface area contributed by atoms with E-state index in [4.69, 9.17) is 9.84 Å². The van der Waals surface area contributed by atoms with Crippen molar-refractivity contribution in [3.05, 3.63) is 0 Å². The van der Waals surface area contributed by atoms with Gasteiger partial charge in [-0.25, -0.2) is 0 Å². The van der Waals surface area contributed by atoms with Crippen LogP contribution in [0.25, 0.3) is 0 Å². The number of ether oxygens (including phenoxy) is 1. The zero-order valence-corrected chi connectivity index (χ0v) is 12.4.